The number of fused-ring (bicyclic) bond motifs is 1. The van der Waals surface area contributed by atoms with E-state index >= 15 is 0 Å². The summed E-state index contributed by atoms with van der Waals surface area (Å²) in [6, 6.07) is 20.1. The highest BCUT2D eigenvalue weighted by Crippen LogP contribution is 2.67. The van der Waals surface area contributed by atoms with Crippen LogP contribution in [-0.4, -0.2) is 0 Å². The van der Waals surface area contributed by atoms with Gasteiger partial charge >= 0.3 is 0 Å². The molecule has 2 aromatic carbocycles. The van der Waals surface area contributed by atoms with Gasteiger partial charge in [0.2, 0.25) is 0 Å². The molecular formula is C24H25. The summed E-state index contributed by atoms with van der Waals surface area (Å²) in [7, 11) is 0. The Morgan fingerprint density at radius 2 is 1.46 bits per heavy atom. The lowest BCUT2D eigenvalue weighted by Gasteiger charge is -2.50. The molecule has 0 saturated heterocycles. The Hall–Kier alpha value is -2.08. The minimum absolute atomic E-state index is 0.0863. The molecule has 0 amide bonds. The van der Waals surface area contributed by atoms with E-state index in [1.54, 1.807) is 5.57 Å². The van der Waals surface area contributed by atoms with Gasteiger partial charge in [-0.05, 0) is 46.3 Å². The Labute approximate surface area is 145 Å². The first-order valence-electron chi connectivity index (χ1n) is 8.89. The Morgan fingerprint density at radius 3 is 1.96 bits per heavy atom. The summed E-state index contributed by atoms with van der Waals surface area (Å²) < 4.78 is 0. The van der Waals surface area contributed by atoms with Gasteiger partial charge in [0.25, 0.3) is 0 Å². The molecule has 0 N–H and O–H groups in total. The first kappa shape index (κ1) is 15.4. The standard InChI is InChI=1S/C24H25/c1-16-11-13-19(14-12-16)24(18-9-7-6-8-10-18)20-15-17(2)21(24)22(20)23(3,4)5/h6-14,17H,1-5H3. The van der Waals surface area contributed by atoms with Gasteiger partial charge < -0.3 is 0 Å². The summed E-state index contributed by atoms with van der Waals surface area (Å²) in [5, 5.41) is 0. The van der Waals surface area contributed by atoms with Crippen LogP contribution in [0.15, 0.2) is 71.3 Å². The van der Waals surface area contributed by atoms with Crippen LogP contribution in [0.5, 0.6) is 0 Å². The smallest absolute Gasteiger partial charge is 0.0622 e. The fourth-order valence-corrected chi connectivity index (χ4v) is 4.63. The van der Waals surface area contributed by atoms with Gasteiger partial charge in [-0.25, -0.2) is 0 Å². The maximum atomic E-state index is 3.79. The fourth-order valence-electron chi connectivity index (χ4n) is 4.63. The molecule has 3 aliphatic rings. The molecule has 0 aliphatic heterocycles. The van der Waals surface area contributed by atoms with Gasteiger partial charge in [-0.3, -0.25) is 0 Å². The summed E-state index contributed by atoms with van der Waals surface area (Å²) >= 11 is 0. The summed E-state index contributed by atoms with van der Waals surface area (Å²) in [6.07, 6.45) is 3.79. The number of hydrogen-bond donors (Lipinski definition) is 0. The van der Waals surface area contributed by atoms with Gasteiger partial charge in [0, 0.05) is 5.92 Å². The minimum Gasteiger partial charge on any atom is -0.0622 e. The zero-order valence-corrected chi connectivity index (χ0v) is 15.3. The molecule has 5 rings (SSSR count). The van der Waals surface area contributed by atoms with Crippen molar-refractivity contribution in [2.45, 2.75) is 40.0 Å². The third kappa shape index (κ3) is 1.86. The quantitative estimate of drug-likeness (QED) is 0.636. The van der Waals surface area contributed by atoms with Gasteiger partial charge in [-0.15, -0.1) is 0 Å². The second-order valence-electron chi connectivity index (χ2n) is 8.26. The molecule has 0 fully saturated rings. The van der Waals surface area contributed by atoms with Crippen molar-refractivity contribution in [2.24, 2.45) is 11.3 Å². The maximum Gasteiger partial charge on any atom is 0.0679 e. The average molecular weight is 313 g/mol. The third-order valence-corrected chi connectivity index (χ3v) is 5.53. The Kier molecular flexibility index (Phi) is 3.19. The van der Waals surface area contributed by atoms with Crippen LogP contribution in [-0.2, 0) is 5.41 Å². The second-order valence-corrected chi connectivity index (χ2v) is 8.26. The van der Waals surface area contributed by atoms with E-state index in [9.17, 15) is 0 Å². The number of allylic oxidation sites excluding steroid dienone is 4. The van der Waals surface area contributed by atoms with Crippen LogP contribution in [0.3, 0.4) is 0 Å². The van der Waals surface area contributed by atoms with E-state index in [1.807, 2.05) is 0 Å². The summed E-state index contributed by atoms with van der Waals surface area (Å²) in [6.45, 7) is 11.4. The topological polar surface area (TPSA) is 0 Å². The zero-order valence-electron chi connectivity index (χ0n) is 15.3. The lowest BCUT2D eigenvalue weighted by Crippen LogP contribution is -2.43. The zero-order chi connectivity index (χ0) is 17.1. The molecule has 0 nitrogen and oxygen atoms in total. The van der Waals surface area contributed by atoms with E-state index < -0.39 is 0 Å². The van der Waals surface area contributed by atoms with Gasteiger partial charge in [0.1, 0.15) is 0 Å². The molecule has 1 radical (unpaired) electrons. The Balaban J connectivity index is 2.01. The van der Waals surface area contributed by atoms with Crippen molar-refractivity contribution in [3.8, 4) is 0 Å². The van der Waals surface area contributed by atoms with Gasteiger partial charge in [-0.1, -0.05) is 87.9 Å². The highest BCUT2D eigenvalue weighted by Gasteiger charge is 2.59. The molecule has 0 heteroatoms. The van der Waals surface area contributed by atoms with Crippen molar-refractivity contribution in [3.05, 3.63) is 94.1 Å². The van der Waals surface area contributed by atoms with Crippen molar-refractivity contribution >= 4 is 0 Å². The number of rotatable bonds is 2. The first-order valence-corrected chi connectivity index (χ1v) is 8.89. The predicted octanol–water partition coefficient (Wildman–Crippen LogP) is 6.02. The van der Waals surface area contributed by atoms with E-state index in [2.05, 4.69) is 95.3 Å². The molecule has 2 unspecified atom stereocenters. The van der Waals surface area contributed by atoms with Crippen molar-refractivity contribution in [1.82, 2.24) is 0 Å². The van der Waals surface area contributed by atoms with Gasteiger partial charge in [0.05, 0.1) is 5.41 Å². The molecule has 0 aromatic heterocycles. The molecular weight excluding hydrogens is 288 g/mol. The Bertz CT molecular complexity index is 841. The molecule has 24 heavy (non-hydrogen) atoms. The fraction of sp³-hybridized carbons (Fsp3) is 0.333. The second kappa shape index (κ2) is 4.96. The average Bonchev–Trinajstić information content (AvgIpc) is 3.03. The monoisotopic (exact) mass is 313 g/mol. The van der Waals surface area contributed by atoms with Crippen molar-refractivity contribution in [3.63, 3.8) is 0 Å². The molecule has 2 atom stereocenters. The summed E-state index contributed by atoms with van der Waals surface area (Å²) in [4.78, 5) is 0. The number of benzene rings is 2. The lowest BCUT2D eigenvalue weighted by atomic mass is 9.52. The number of aryl methyl sites for hydroxylation is 1. The largest absolute Gasteiger partial charge is 0.0679 e. The van der Waals surface area contributed by atoms with E-state index in [-0.39, 0.29) is 10.8 Å². The number of hydrogen-bond acceptors (Lipinski definition) is 0. The third-order valence-electron chi connectivity index (χ3n) is 5.53. The van der Waals surface area contributed by atoms with Crippen LogP contribution in [0, 0.1) is 24.3 Å². The molecule has 2 bridgehead atoms. The summed E-state index contributed by atoms with van der Waals surface area (Å²) in [5.41, 5.74) is 8.65. The van der Waals surface area contributed by atoms with Crippen LogP contribution in [0.25, 0.3) is 0 Å². The van der Waals surface area contributed by atoms with Gasteiger partial charge in [0.15, 0.2) is 0 Å². The van der Waals surface area contributed by atoms with Crippen molar-refractivity contribution < 1.29 is 0 Å². The molecule has 121 valence electrons. The van der Waals surface area contributed by atoms with Crippen molar-refractivity contribution in [2.75, 3.05) is 0 Å². The molecule has 0 saturated carbocycles. The van der Waals surface area contributed by atoms with Crippen molar-refractivity contribution in [1.29, 1.82) is 0 Å². The van der Waals surface area contributed by atoms with Crippen LogP contribution in [0.1, 0.15) is 44.4 Å². The van der Waals surface area contributed by atoms with E-state index in [0.29, 0.717) is 5.92 Å². The summed E-state index contributed by atoms with van der Waals surface area (Å²) in [5.74, 6) is 0.399. The molecule has 0 heterocycles. The van der Waals surface area contributed by atoms with Crippen LogP contribution in [0.4, 0.5) is 0 Å². The predicted molar refractivity (Wildman–Crippen MR) is 101 cm³/mol. The molecule has 2 aromatic rings. The van der Waals surface area contributed by atoms with Crippen LogP contribution < -0.4 is 0 Å². The first-order chi connectivity index (χ1) is 11.4. The Morgan fingerprint density at radius 1 is 0.875 bits per heavy atom. The van der Waals surface area contributed by atoms with E-state index in [1.165, 1.54) is 27.8 Å². The van der Waals surface area contributed by atoms with E-state index in [0.717, 1.165) is 0 Å². The van der Waals surface area contributed by atoms with Gasteiger partial charge in [-0.2, -0.15) is 0 Å². The van der Waals surface area contributed by atoms with E-state index in [4.69, 9.17) is 0 Å². The molecule has 3 aliphatic carbocycles. The SMILES string of the molecule is Cc1ccc(C2(c3ccccc3)C3=[C]C(C)C2=C3C(C)(C)C)cc1. The minimum atomic E-state index is -0.0863. The lowest BCUT2D eigenvalue weighted by molar-refractivity contribution is 0.448. The highest BCUT2D eigenvalue weighted by molar-refractivity contribution is 5.77. The molecule has 0 spiro atoms. The van der Waals surface area contributed by atoms with Crippen LogP contribution >= 0.6 is 0 Å². The van der Waals surface area contributed by atoms with Crippen LogP contribution in [0.2, 0.25) is 0 Å². The highest BCUT2D eigenvalue weighted by atomic mass is 14.6. The normalized spacial score (nSPS) is 25.5. The maximum absolute atomic E-state index is 3.79.